The SMILES string of the molecule is COC(=O)C1SC(c2ccc(C(=O)NC(CC(=O)O)C(=O)OCc3ccccc3)cc2)SC1C(=O)OC. The molecule has 1 aliphatic heterocycles. The van der Waals surface area contributed by atoms with Gasteiger partial charge in [0.25, 0.3) is 5.91 Å². The highest BCUT2D eigenvalue weighted by Crippen LogP contribution is 2.54. The Balaban J connectivity index is 1.66. The first-order valence-corrected chi connectivity index (χ1v) is 12.9. The number of carbonyl (C=O) groups excluding carboxylic acids is 4. The topological polar surface area (TPSA) is 145 Å². The van der Waals surface area contributed by atoms with Gasteiger partial charge in [0.2, 0.25) is 0 Å². The summed E-state index contributed by atoms with van der Waals surface area (Å²) in [5.74, 6) is -3.85. The van der Waals surface area contributed by atoms with Gasteiger partial charge in [0.15, 0.2) is 0 Å². The molecular formula is C25H25NO9S2. The van der Waals surface area contributed by atoms with Crippen molar-refractivity contribution in [1.82, 2.24) is 5.32 Å². The molecule has 1 amide bonds. The van der Waals surface area contributed by atoms with Crippen molar-refractivity contribution in [3.05, 3.63) is 71.3 Å². The van der Waals surface area contributed by atoms with Crippen molar-refractivity contribution < 1.29 is 43.3 Å². The molecule has 196 valence electrons. The Morgan fingerprint density at radius 1 is 0.892 bits per heavy atom. The van der Waals surface area contributed by atoms with Gasteiger partial charge in [-0.15, -0.1) is 23.5 Å². The van der Waals surface area contributed by atoms with Crippen molar-refractivity contribution in [2.24, 2.45) is 0 Å². The second-order valence-corrected chi connectivity index (χ2v) is 10.6. The van der Waals surface area contributed by atoms with Gasteiger partial charge in [-0.3, -0.25) is 19.2 Å². The zero-order valence-corrected chi connectivity index (χ0v) is 21.6. The van der Waals surface area contributed by atoms with Crippen molar-refractivity contribution in [2.45, 2.75) is 34.2 Å². The zero-order valence-electron chi connectivity index (χ0n) is 19.9. The number of benzene rings is 2. The molecule has 0 bridgehead atoms. The molecule has 2 aromatic rings. The van der Waals surface area contributed by atoms with E-state index < -0.39 is 52.7 Å². The van der Waals surface area contributed by atoms with E-state index in [1.54, 1.807) is 36.4 Å². The molecule has 1 aliphatic rings. The van der Waals surface area contributed by atoms with Crippen LogP contribution in [0.5, 0.6) is 0 Å². The second kappa shape index (κ2) is 13.2. The normalized spacial score (nSPS) is 19.4. The summed E-state index contributed by atoms with van der Waals surface area (Å²) in [4.78, 5) is 60.8. The van der Waals surface area contributed by atoms with Gasteiger partial charge in [-0.05, 0) is 23.3 Å². The minimum absolute atomic E-state index is 0.0593. The summed E-state index contributed by atoms with van der Waals surface area (Å²) in [7, 11) is 2.50. The summed E-state index contributed by atoms with van der Waals surface area (Å²) >= 11 is 2.50. The molecule has 0 saturated carbocycles. The van der Waals surface area contributed by atoms with E-state index in [9.17, 15) is 29.1 Å². The number of aliphatic carboxylic acids is 1. The minimum atomic E-state index is -1.38. The summed E-state index contributed by atoms with van der Waals surface area (Å²) < 4.78 is 14.5. The molecule has 0 aromatic heterocycles. The average molecular weight is 548 g/mol. The Morgan fingerprint density at radius 2 is 1.46 bits per heavy atom. The molecule has 0 aliphatic carbocycles. The number of carboxylic acids is 1. The van der Waals surface area contributed by atoms with Crippen molar-refractivity contribution >= 4 is 53.3 Å². The number of amides is 1. The van der Waals surface area contributed by atoms with Crippen LogP contribution in [0.4, 0.5) is 0 Å². The molecular weight excluding hydrogens is 522 g/mol. The van der Waals surface area contributed by atoms with Crippen LogP contribution in [0, 0.1) is 0 Å². The van der Waals surface area contributed by atoms with Crippen LogP contribution in [0.3, 0.4) is 0 Å². The molecule has 0 radical (unpaired) electrons. The maximum atomic E-state index is 12.8. The lowest BCUT2D eigenvalue weighted by Crippen LogP contribution is -2.43. The Kier molecular flexibility index (Phi) is 9.98. The van der Waals surface area contributed by atoms with Gasteiger partial charge in [0.05, 0.1) is 25.2 Å². The van der Waals surface area contributed by atoms with Crippen LogP contribution in [0.15, 0.2) is 54.6 Å². The van der Waals surface area contributed by atoms with Gasteiger partial charge in [-0.2, -0.15) is 0 Å². The lowest BCUT2D eigenvalue weighted by Gasteiger charge is -2.16. The summed E-state index contributed by atoms with van der Waals surface area (Å²) in [6, 6.07) is 13.8. The van der Waals surface area contributed by atoms with Crippen LogP contribution in [-0.2, 0) is 40.0 Å². The van der Waals surface area contributed by atoms with E-state index in [0.717, 1.165) is 11.1 Å². The first-order chi connectivity index (χ1) is 17.7. The summed E-state index contributed by atoms with van der Waals surface area (Å²) in [6.45, 7) is -0.0593. The van der Waals surface area contributed by atoms with Gasteiger partial charge in [-0.1, -0.05) is 42.5 Å². The average Bonchev–Trinajstić information content (AvgIpc) is 3.36. The number of carbonyl (C=O) groups is 5. The molecule has 10 nitrogen and oxygen atoms in total. The molecule has 2 N–H and O–H groups in total. The number of rotatable bonds is 10. The molecule has 3 rings (SSSR count). The smallest absolute Gasteiger partial charge is 0.329 e. The van der Waals surface area contributed by atoms with Crippen LogP contribution in [0.2, 0.25) is 0 Å². The first kappa shape index (κ1) is 28.1. The predicted octanol–water partition coefficient (Wildman–Crippen LogP) is 2.56. The molecule has 1 saturated heterocycles. The molecule has 2 aromatic carbocycles. The van der Waals surface area contributed by atoms with Crippen molar-refractivity contribution in [2.75, 3.05) is 14.2 Å². The fourth-order valence-corrected chi connectivity index (χ4v) is 6.86. The quantitative estimate of drug-likeness (QED) is 0.334. The van der Waals surface area contributed by atoms with Gasteiger partial charge in [0.1, 0.15) is 23.1 Å². The fraction of sp³-hybridized carbons (Fsp3) is 0.320. The lowest BCUT2D eigenvalue weighted by molar-refractivity contribution is -0.151. The zero-order chi connectivity index (χ0) is 26.9. The number of thioether (sulfide) groups is 2. The Morgan fingerprint density at radius 3 is 1.97 bits per heavy atom. The third-order valence-electron chi connectivity index (χ3n) is 5.32. The first-order valence-electron chi connectivity index (χ1n) is 11.0. The standard InChI is InChI=1S/C25H25NO9S2/c1-33-23(31)19-20(24(32)34-2)37-25(36-19)16-10-8-15(9-11-16)21(29)26-17(12-18(27)28)22(30)35-13-14-6-4-3-5-7-14/h3-11,17,19-20,25H,12-13H2,1-2H3,(H,26,29)(H,27,28). The highest BCUT2D eigenvalue weighted by Gasteiger charge is 2.46. The van der Waals surface area contributed by atoms with E-state index in [1.807, 2.05) is 6.07 Å². The number of nitrogens with one attached hydrogen (secondary N) is 1. The third kappa shape index (κ3) is 7.49. The molecule has 0 spiro atoms. The number of hydrogen-bond donors (Lipinski definition) is 2. The van der Waals surface area contributed by atoms with Gasteiger partial charge < -0.3 is 24.6 Å². The number of hydrogen-bond acceptors (Lipinski definition) is 10. The molecule has 12 heteroatoms. The van der Waals surface area contributed by atoms with E-state index in [2.05, 4.69) is 5.32 Å². The number of carboxylic acid groups (broad SMARTS) is 1. The molecule has 1 heterocycles. The predicted molar refractivity (Wildman–Crippen MR) is 136 cm³/mol. The van der Waals surface area contributed by atoms with E-state index in [0.29, 0.717) is 0 Å². The van der Waals surface area contributed by atoms with E-state index in [4.69, 9.17) is 14.2 Å². The maximum Gasteiger partial charge on any atom is 0.329 e. The largest absolute Gasteiger partial charge is 0.481 e. The number of esters is 3. The maximum absolute atomic E-state index is 12.8. The Bertz CT molecular complexity index is 1120. The van der Waals surface area contributed by atoms with Crippen molar-refractivity contribution in [1.29, 1.82) is 0 Å². The summed E-state index contributed by atoms with van der Waals surface area (Å²) in [5, 5.41) is 10.1. The summed E-state index contributed by atoms with van der Waals surface area (Å²) in [5.41, 5.74) is 1.66. The lowest BCUT2D eigenvalue weighted by atomic mass is 10.1. The van der Waals surface area contributed by atoms with Crippen LogP contribution >= 0.6 is 23.5 Å². The van der Waals surface area contributed by atoms with E-state index >= 15 is 0 Å². The Labute approximate surface area is 221 Å². The number of methoxy groups -OCH3 is 2. The van der Waals surface area contributed by atoms with E-state index in [-0.39, 0.29) is 16.8 Å². The van der Waals surface area contributed by atoms with Crippen LogP contribution < -0.4 is 5.32 Å². The van der Waals surface area contributed by atoms with Gasteiger partial charge >= 0.3 is 23.9 Å². The molecule has 1 fully saturated rings. The van der Waals surface area contributed by atoms with Gasteiger partial charge in [-0.25, -0.2) is 4.79 Å². The minimum Gasteiger partial charge on any atom is -0.481 e. The van der Waals surface area contributed by atoms with Crippen molar-refractivity contribution in [3.63, 3.8) is 0 Å². The van der Waals surface area contributed by atoms with Crippen LogP contribution in [0.25, 0.3) is 0 Å². The molecule has 3 atom stereocenters. The second-order valence-electron chi connectivity index (χ2n) is 7.83. The highest BCUT2D eigenvalue weighted by molar-refractivity contribution is 8.21. The van der Waals surface area contributed by atoms with E-state index in [1.165, 1.54) is 49.9 Å². The monoisotopic (exact) mass is 547 g/mol. The third-order valence-corrected chi connectivity index (χ3v) is 8.71. The van der Waals surface area contributed by atoms with Gasteiger partial charge in [0, 0.05) is 5.56 Å². The van der Waals surface area contributed by atoms with Crippen molar-refractivity contribution in [3.8, 4) is 0 Å². The highest BCUT2D eigenvalue weighted by atomic mass is 32.2. The number of ether oxygens (including phenoxy) is 3. The van der Waals surface area contributed by atoms with Crippen LogP contribution in [-0.4, -0.2) is 65.7 Å². The summed E-state index contributed by atoms with van der Waals surface area (Å²) in [6.07, 6.45) is -0.642. The van der Waals surface area contributed by atoms with Crippen LogP contribution in [0.1, 0.15) is 32.5 Å². The fourth-order valence-electron chi connectivity index (χ4n) is 3.42. The molecule has 3 unspecified atom stereocenters. The Hall–Kier alpha value is -3.51. The molecule has 37 heavy (non-hydrogen) atoms.